The van der Waals surface area contributed by atoms with E-state index in [9.17, 15) is 13.2 Å². The van der Waals surface area contributed by atoms with Gasteiger partial charge in [-0.3, -0.25) is 0 Å². The van der Waals surface area contributed by atoms with Gasteiger partial charge >= 0.3 is 6.18 Å². The zero-order valence-corrected chi connectivity index (χ0v) is 6.41. The van der Waals surface area contributed by atoms with Crippen molar-refractivity contribution < 1.29 is 13.2 Å². The van der Waals surface area contributed by atoms with Crippen molar-refractivity contribution in [2.45, 2.75) is 25.1 Å². The third-order valence-electron chi connectivity index (χ3n) is 1.39. The number of nitrogens with one attached hydrogen (secondary N) is 1. The first-order valence-corrected chi connectivity index (χ1v) is 3.36. The summed E-state index contributed by atoms with van der Waals surface area (Å²) >= 11 is 0. The molecule has 0 fully saturated rings. The van der Waals surface area contributed by atoms with Crippen LogP contribution in [0.25, 0.3) is 0 Å². The molecule has 1 N–H and O–H groups in total. The van der Waals surface area contributed by atoms with Crippen LogP contribution in [0.5, 0.6) is 0 Å². The van der Waals surface area contributed by atoms with E-state index in [1.165, 1.54) is 6.08 Å². The molecule has 11 heavy (non-hydrogen) atoms. The second kappa shape index (κ2) is 4.38. The van der Waals surface area contributed by atoms with Crippen LogP contribution < -0.4 is 5.32 Å². The molecule has 0 saturated heterocycles. The first kappa shape index (κ1) is 10.5. The van der Waals surface area contributed by atoms with Gasteiger partial charge in [-0.15, -0.1) is 6.58 Å². The van der Waals surface area contributed by atoms with E-state index in [0.717, 1.165) is 0 Å². The highest BCUT2D eigenvalue weighted by molar-refractivity contribution is 4.84. The Morgan fingerprint density at radius 1 is 1.55 bits per heavy atom. The first-order valence-electron chi connectivity index (χ1n) is 3.36. The van der Waals surface area contributed by atoms with Crippen molar-refractivity contribution in [3.05, 3.63) is 12.7 Å². The maximum Gasteiger partial charge on any atom is 0.389 e. The van der Waals surface area contributed by atoms with Crippen molar-refractivity contribution in [2.75, 3.05) is 7.05 Å². The molecule has 0 aliphatic heterocycles. The topological polar surface area (TPSA) is 12.0 Å². The summed E-state index contributed by atoms with van der Waals surface area (Å²) in [6.45, 7) is 3.40. The van der Waals surface area contributed by atoms with Gasteiger partial charge in [0.2, 0.25) is 0 Å². The second-order valence-corrected chi connectivity index (χ2v) is 2.28. The van der Waals surface area contributed by atoms with E-state index in [-0.39, 0.29) is 12.5 Å². The highest BCUT2D eigenvalue weighted by Crippen LogP contribution is 2.22. The minimum absolute atomic E-state index is 0.0590. The number of halogens is 3. The molecule has 0 radical (unpaired) electrons. The van der Waals surface area contributed by atoms with E-state index in [1.807, 2.05) is 0 Å². The fourth-order valence-corrected chi connectivity index (χ4v) is 0.699. The lowest BCUT2D eigenvalue weighted by Crippen LogP contribution is -2.24. The minimum atomic E-state index is -4.06. The van der Waals surface area contributed by atoms with Gasteiger partial charge in [0, 0.05) is 12.5 Å². The van der Waals surface area contributed by atoms with Gasteiger partial charge in [0.15, 0.2) is 0 Å². The van der Waals surface area contributed by atoms with Crippen molar-refractivity contribution in [2.24, 2.45) is 0 Å². The molecule has 1 nitrogen and oxygen atoms in total. The Balaban J connectivity index is 3.59. The van der Waals surface area contributed by atoms with Crippen molar-refractivity contribution in [1.29, 1.82) is 0 Å². The molecule has 0 heterocycles. The molecule has 0 bridgehead atoms. The lowest BCUT2D eigenvalue weighted by atomic mass is 10.1. The SMILES string of the molecule is C=CC(CCC(F)(F)F)NC. The van der Waals surface area contributed by atoms with E-state index < -0.39 is 12.6 Å². The molecule has 0 aromatic heterocycles. The highest BCUT2D eigenvalue weighted by atomic mass is 19.4. The molecular weight excluding hydrogens is 155 g/mol. The summed E-state index contributed by atoms with van der Waals surface area (Å²) in [6, 6.07) is -0.239. The molecule has 0 rings (SSSR count). The molecule has 0 aliphatic carbocycles. The molecule has 0 aliphatic rings. The van der Waals surface area contributed by atoms with Crippen LogP contribution in [-0.4, -0.2) is 19.3 Å². The Bertz CT molecular complexity index is 119. The standard InChI is InChI=1S/C7H12F3N/c1-3-6(11-2)4-5-7(8,9)10/h3,6,11H,1,4-5H2,2H3. The molecule has 1 atom stereocenters. The van der Waals surface area contributed by atoms with Gasteiger partial charge in [-0.1, -0.05) is 6.08 Å². The van der Waals surface area contributed by atoms with Crippen LogP contribution in [0.15, 0.2) is 12.7 Å². The predicted molar refractivity (Wildman–Crippen MR) is 38.3 cm³/mol. The number of likely N-dealkylation sites (N-methyl/N-ethyl adjacent to an activating group) is 1. The largest absolute Gasteiger partial charge is 0.389 e. The molecular formula is C7H12F3N. The molecule has 0 aromatic carbocycles. The third kappa shape index (κ3) is 5.91. The van der Waals surface area contributed by atoms with Crippen LogP contribution in [0.3, 0.4) is 0 Å². The van der Waals surface area contributed by atoms with Crippen molar-refractivity contribution in [1.82, 2.24) is 5.32 Å². The van der Waals surface area contributed by atoms with Crippen LogP contribution in [0.2, 0.25) is 0 Å². The average Bonchev–Trinajstić information content (AvgIpc) is 1.88. The van der Waals surface area contributed by atoms with E-state index in [1.54, 1.807) is 7.05 Å². The van der Waals surface area contributed by atoms with Crippen LogP contribution in [-0.2, 0) is 0 Å². The van der Waals surface area contributed by atoms with Gasteiger partial charge in [0.25, 0.3) is 0 Å². The number of hydrogen-bond acceptors (Lipinski definition) is 1. The quantitative estimate of drug-likeness (QED) is 0.632. The van der Waals surface area contributed by atoms with E-state index in [4.69, 9.17) is 0 Å². The lowest BCUT2D eigenvalue weighted by molar-refractivity contribution is -0.136. The smallest absolute Gasteiger partial charge is 0.314 e. The zero-order valence-electron chi connectivity index (χ0n) is 6.41. The molecule has 66 valence electrons. The maximum atomic E-state index is 11.6. The Hall–Kier alpha value is -0.510. The second-order valence-electron chi connectivity index (χ2n) is 2.28. The van der Waals surface area contributed by atoms with Gasteiger partial charge in [0.1, 0.15) is 0 Å². The number of rotatable bonds is 4. The third-order valence-corrected chi connectivity index (χ3v) is 1.39. The molecule has 0 saturated carbocycles. The zero-order chi connectivity index (χ0) is 8.91. The van der Waals surface area contributed by atoms with E-state index in [0.29, 0.717) is 0 Å². The number of alkyl halides is 3. The first-order chi connectivity index (χ1) is 4.99. The maximum absolute atomic E-state index is 11.6. The Kier molecular flexibility index (Phi) is 4.18. The molecule has 4 heteroatoms. The summed E-state index contributed by atoms with van der Waals surface area (Å²) in [4.78, 5) is 0. The van der Waals surface area contributed by atoms with E-state index in [2.05, 4.69) is 11.9 Å². The number of hydrogen-bond donors (Lipinski definition) is 1. The molecule has 0 spiro atoms. The van der Waals surface area contributed by atoms with Crippen LogP contribution in [0.1, 0.15) is 12.8 Å². The fraction of sp³-hybridized carbons (Fsp3) is 0.714. The van der Waals surface area contributed by atoms with Gasteiger partial charge < -0.3 is 5.32 Å². The Morgan fingerprint density at radius 3 is 2.36 bits per heavy atom. The summed E-state index contributed by atoms with van der Waals surface area (Å²) in [5.41, 5.74) is 0. The summed E-state index contributed by atoms with van der Waals surface area (Å²) < 4.78 is 34.9. The summed E-state index contributed by atoms with van der Waals surface area (Å²) in [6.07, 6.45) is -3.28. The van der Waals surface area contributed by atoms with Crippen LogP contribution in [0.4, 0.5) is 13.2 Å². The summed E-state index contributed by atoms with van der Waals surface area (Å²) in [5.74, 6) is 0. The highest BCUT2D eigenvalue weighted by Gasteiger charge is 2.27. The van der Waals surface area contributed by atoms with Gasteiger partial charge in [0.05, 0.1) is 0 Å². The Labute approximate surface area is 64.3 Å². The van der Waals surface area contributed by atoms with E-state index >= 15 is 0 Å². The minimum Gasteiger partial charge on any atom is -0.314 e. The van der Waals surface area contributed by atoms with Gasteiger partial charge in [-0.2, -0.15) is 13.2 Å². The summed E-state index contributed by atoms with van der Waals surface area (Å²) in [7, 11) is 1.61. The average molecular weight is 167 g/mol. The Morgan fingerprint density at radius 2 is 2.09 bits per heavy atom. The molecule has 1 unspecified atom stereocenters. The van der Waals surface area contributed by atoms with Crippen molar-refractivity contribution in [3.63, 3.8) is 0 Å². The molecule has 0 aromatic rings. The van der Waals surface area contributed by atoms with Crippen molar-refractivity contribution in [3.8, 4) is 0 Å². The molecule has 0 amide bonds. The predicted octanol–water partition coefficient (Wildman–Crippen LogP) is 2.10. The summed E-state index contributed by atoms with van der Waals surface area (Å²) in [5, 5.41) is 2.71. The fourth-order valence-electron chi connectivity index (χ4n) is 0.699. The van der Waals surface area contributed by atoms with Crippen LogP contribution in [0, 0.1) is 0 Å². The monoisotopic (exact) mass is 167 g/mol. The van der Waals surface area contributed by atoms with Gasteiger partial charge in [-0.25, -0.2) is 0 Å². The van der Waals surface area contributed by atoms with Crippen LogP contribution >= 0.6 is 0 Å². The lowest BCUT2D eigenvalue weighted by Gasteiger charge is -2.12. The van der Waals surface area contributed by atoms with Gasteiger partial charge in [-0.05, 0) is 13.5 Å². The van der Waals surface area contributed by atoms with Crippen molar-refractivity contribution >= 4 is 0 Å². The normalized spacial score (nSPS) is 14.5.